The van der Waals surface area contributed by atoms with Crippen LogP contribution in [0.15, 0.2) is 5.51 Å². The van der Waals surface area contributed by atoms with E-state index < -0.39 is 0 Å². The number of hydrogen-bond donors (Lipinski definition) is 1. The van der Waals surface area contributed by atoms with Crippen LogP contribution in [0, 0.1) is 18.3 Å². The SMILES string of the molecule is Cc1ncsc1CN1CCC2(CCOCC2NC(=O)C2CC2)CC1. The van der Waals surface area contributed by atoms with Crippen LogP contribution in [0.2, 0.25) is 0 Å². The number of carbonyl (C=O) groups is 1. The summed E-state index contributed by atoms with van der Waals surface area (Å²) in [5.74, 6) is 0.533. The van der Waals surface area contributed by atoms with Gasteiger partial charge in [-0.15, -0.1) is 11.3 Å². The van der Waals surface area contributed by atoms with E-state index in [0.29, 0.717) is 6.61 Å². The summed E-state index contributed by atoms with van der Waals surface area (Å²) >= 11 is 1.76. The average Bonchev–Trinajstić information content (AvgIpc) is 3.37. The van der Waals surface area contributed by atoms with Crippen LogP contribution >= 0.6 is 11.3 Å². The zero-order valence-electron chi connectivity index (χ0n) is 14.4. The van der Waals surface area contributed by atoms with Crippen LogP contribution in [-0.4, -0.2) is 48.1 Å². The van der Waals surface area contributed by atoms with Crippen molar-refractivity contribution >= 4 is 17.2 Å². The first-order chi connectivity index (χ1) is 11.7. The van der Waals surface area contributed by atoms with E-state index in [2.05, 4.69) is 22.1 Å². The van der Waals surface area contributed by atoms with Gasteiger partial charge in [0.15, 0.2) is 0 Å². The third-order valence-electron chi connectivity index (χ3n) is 6.10. The van der Waals surface area contributed by atoms with Gasteiger partial charge in [0.2, 0.25) is 5.91 Å². The highest BCUT2D eigenvalue weighted by Gasteiger charge is 2.45. The van der Waals surface area contributed by atoms with Crippen molar-refractivity contribution in [3.8, 4) is 0 Å². The normalized spacial score (nSPS) is 27.3. The van der Waals surface area contributed by atoms with Gasteiger partial charge in [0.05, 0.1) is 23.9 Å². The molecule has 1 saturated carbocycles. The van der Waals surface area contributed by atoms with Crippen LogP contribution in [0.5, 0.6) is 0 Å². The van der Waals surface area contributed by atoms with E-state index in [1.807, 2.05) is 5.51 Å². The molecule has 1 amide bonds. The lowest BCUT2D eigenvalue weighted by Crippen LogP contribution is -2.57. The minimum Gasteiger partial charge on any atom is -0.379 e. The predicted molar refractivity (Wildman–Crippen MR) is 93.9 cm³/mol. The van der Waals surface area contributed by atoms with Crippen LogP contribution in [0.3, 0.4) is 0 Å². The van der Waals surface area contributed by atoms with Crippen LogP contribution in [0.25, 0.3) is 0 Å². The van der Waals surface area contributed by atoms with Crippen molar-refractivity contribution in [2.24, 2.45) is 11.3 Å². The molecule has 3 heterocycles. The van der Waals surface area contributed by atoms with Crippen molar-refractivity contribution in [1.29, 1.82) is 0 Å². The largest absolute Gasteiger partial charge is 0.379 e. The van der Waals surface area contributed by atoms with Crippen LogP contribution in [-0.2, 0) is 16.1 Å². The maximum absolute atomic E-state index is 12.2. The number of likely N-dealkylation sites (tertiary alicyclic amines) is 1. The predicted octanol–water partition coefficient (Wildman–Crippen LogP) is 2.35. The molecule has 2 aliphatic heterocycles. The number of carbonyl (C=O) groups excluding carboxylic acids is 1. The highest BCUT2D eigenvalue weighted by Crippen LogP contribution is 2.42. The molecule has 0 bridgehead atoms. The number of aromatic nitrogens is 1. The molecule has 6 heteroatoms. The van der Waals surface area contributed by atoms with Gasteiger partial charge in [-0.3, -0.25) is 9.69 Å². The van der Waals surface area contributed by atoms with Gasteiger partial charge in [0.25, 0.3) is 0 Å². The fourth-order valence-electron chi connectivity index (χ4n) is 4.09. The molecule has 2 saturated heterocycles. The number of rotatable bonds is 4. The monoisotopic (exact) mass is 349 g/mol. The number of ether oxygens (including phenoxy) is 1. The highest BCUT2D eigenvalue weighted by molar-refractivity contribution is 7.09. The van der Waals surface area contributed by atoms with E-state index in [1.165, 1.54) is 10.6 Å². The summed E-state index contributed by atoms with van der Waals surface area (Å²) in [5, 5.41) is 3.32. The van der Waals surface area contributed by atoms with E-state index >= 15 is 0 Å². The van der Waals surface area contributed by atoms with E-state index in [9.17, 15) is 4.79 Å². The lowest BCUT2D eigenvalue weighted by Gasteiger charge is -2.49. The number of nitrogens with zero attached hydrogens (tertiary/aromatic N) is 2. The first kappa shape index (κ1) is 16.5. The first-order valence-electron chi connectivity index (χ1n) is 9.16. The lowest BCUT2D eigenvalue weighted by atomic mass is 9.69. The van der Waals surface area contributed by atoms with Gasteiger partial charge in [-0.25, -0.2) is 4.98 Å². The van der Waals surface area contributed by atoms with Crippen molar-refractivity contribution in [1.82, 2.24) is 15.2 Å². The van der Waals surface area contributed by atoms with Crippen molar-refractivity contribution in [3.63, 3.8) is 0 Å². The maximum Gasteiger partial charge on any atom is 0.223 e. The van der Waals surface area contributed by atoms with E-state index in [0.717, 1.165) is 58.3 Å². The molecule has 4 rings (SSSR count). The number of piperidine rings is 1. The Labute approximate surface area is 147 Å². The maximum atomic E-state index is 12.2. The number of nitrogens with one attached hydrogen (secondary N) is 1. The molecule has 3 aliphatic rings. The second kappa shape index (κ2) is 6.73. The van der Waals surface area contributed by atoms with Crippen LogP contribution < -0.4 is 5.32 Å². The molecule has 1 aliphatic carbocycles. The molecule has 1 spiro atoms. The Hall–Kier alpha value is -0.980. The summed E-state index contributed by atoms with van der Waals surface area (Å²) in [6.07, 6.45) is 5.52. The van der Waals surface area contributed by atoms with Crippen molar-refractivity contribution in [3.05, 3.63) is 16.1 Å². The Bertz CT molecular complexity index is 591. The average molecular weight is 350 g/mol. The lowest BCUT2D eigenvalue weighted by molar-refractivity contribution is -0.127. The molecule has 24 heavy (non-hydrogen) atoms. The summed E-state index contributed by atoms with van der Waals surface area (Å²) in [7, 11) is 0. The second-order valence-corrected chi connectivity index (χ2v) is 8.60. The van der Waals surface area contributed by atoms with Crippen LogP contribution in [0.4, 0.5) is 0 Å². The van der Waals surface area contributed by atoms with Crippen LogP contribution in [0.1, 0.15) is 42.7 Å². The molecular formula is C18H27N3O2S. The summed E-state index contributed by atoms with van der Waals surface area (Å²) in [4.78, 5) is 20.5. The Morgan fingerprint density at radius 1 is 1.42 bits per heavy atom. The highest BCUT2D eigenvalue weighted by atomic mass is 32.1. The van der Waals surface area contributed by atoms with Crippen molar-refractivity contribution in [2.75, 3.05) is 26.3 Å². The van der Waals surface area contributed by atoms with Gasteiger partial charge in [0.1, 0.15) is 0 Å². The van der Waals surface area contributed by atoms with Gasteiger partial charge >= 0.3 is 0 Å². The molecule has 0 aromatic carbocycles. The van der Waals surface area contributed by atoms with Gasteiger partial charge in [0, 0.05) is 23.9 Å². The summed E-state index contributed by atoms with van der Waals surface area (Å²) in [6, 6.07) is 0.201. The number of aryl methyl sites for hydroxylation is 1. The Kier molecular flexibility index (Phi) is 4.62. The van der Waals surface area contributed by atoms with E-state index in [-0.39, 0.29) is 23.3 Å². The molecular weight excluding hydrogens is 322 g/mol. The molecule has 5 nitrogen and oxygen atoms in total. The smallest absolute Gasteiger partial charge is 0.223 e. The van der Waals surface area contributed by atoms with Gasteiger partial charge < -0.3 is 10.1 Å². The third-order valence-corrected chi connectivity index (χ3v) is 7.02. The zero-order valence-corrected chi connectivity index (χ0v) is 15.2. The Morgan fingerprint density at radius 2 is 2.21 bits per heavy atom. The minimum atomic E-state index is 0.201. The number of amides is 1. The standard InChI is InChI=1S/C18H27N3O2S/c1-13-15(24-12-19-13)10-21-7-4-18(5-8-21)6-9-23-11-16(18)20-17(22)14-2-3-14/h12,14,16H,2-11H2,1H3,(H,20,22). The summed E-state index contributed by atoms with van der Waals surface area (Å²) in [5.41, 5.74) is 3.35. The van der Waals surface area contributed by atoms with Crippen molar-refractivity contribution in [2.45, 2.75) is 51.6 Å². The number of hydrogen-bond acceptors (Lipinski definition) is 5. The van der Waals surface area contributed by atoms with Gasteiger partial charge in [-0.2, -0.15) is 0 Å². The molecule has 1 aromatic heterocycles. The topological polar surface area (TPSA) is 54.5 Å². The molecule has 1 atom stereocenters. The van der Waals surface area contributed by atoms with E-state index in [1.54, 1.807) is 11.3 Å². The zero-order chi connectivity index (χ0) is 16.6. The summed E-state index contributed by atoms with van der Waals surface area (Å²) in [6.45, 7) is 6.85. The molecule has 1 aromatic rings. The Morgan fingerprint density at radius 3 is 2.88 bits per heavy atom. The molecule has 132 valence electrons. The number of thiazole rings is 1. The quantitative estimate of drug-likeness (QED) is 0.907. The fraction of sp³-hybridized carbons (Fsp3) is 0.778. The summed E-state index contributed by atoms with van der Waals surface area (Å²) < 4.78 is 5.70. The molecule has 3 fully saturated rings. The van der Waals surface area contributed by atoms with E-state index in [4.69, 9.17) is 4.74 Å². The first-order valence-corrected chi connectivity index (χ1v) is 10.0. The molecule has 1 N–H and O–H groups in total. The molecule has 0 radical (unpaired) electrons. The fourth-order valence-corrected chi connectivity index (χ4v) is 4.91. The molecule has 1 unspecified atom stereocenters. The Balaban J connectivity index is 1.37. The minimum absolute atomic E-state index is 0.201. The van der Waals surface area contributed by atoms with Gasteiger partial charge in [-0.1, -0.05) is 0 Å². The second-order valence-electron chi connectivity index (χ2n) is 7.66. The van der Waals surface area contributed by atoms with Crippen molar-refractivity contribution < 1.29 is 9.53 Å². The van der Waals surface area contributed by atoms with Gasteiger partial charge in [-0.05, 0) is 57.5 Å². The third kappa shape index (κ3) is 3.37.